The normalized spacial score (nSPS) is 15.5. The first-order chi connectivity index (χ1) is 9.34. The van der Waals surface area contributed by atoms with Gasteiger partial charge in [0.15, 0.2) is 0 Å². The minimum Gasteiger partial charge on any atom is -0.339 e. The molecule has 0 bridgehead atoms. The molecule has 2 aromatic rings. The zero-order valence-electron chi connectivity index (χ0n) is 10.5. The highest BCUT2D eigenvalue weighted by atomic mass is 16.2. The minimum absolute atomic E-state index is 0.0880. The number of aromatic nitrogens is 4. The summed E-state index contributed by atoms with van der Waals surface area (Å²) in [5.41, 5.74) is 1.49. The van der Waals surface area contributed by atoms with Gasteiger partial charge in [-0.15, -0.1) is 10.2 Å². The van der Waals surface area contributed by atoms with Gasteiger partial charge in [-0.05, 0) is 36.6 Å². The summed E-state index contributed by atoms with van der Waals surface area (Å²) < 4.78 is 0. The predicted molar refractivity (Wildman–Crippen MR) is 69.4 cm³/mol. The number of carbonyl (C=O) groups excluding carboxylic acids is 1. The van der Waals surface area contributed by atoms with Crippen LogP contribution in [0.5, 0.6) is 0 Å². The first-order valence-electron chi connectivity index (χ1n) is 6.48. The molecular weight excluding hydrogens is 242 g/mol. The number of piperidine rings is 1. The lowest BCUT2D eigenvalue weighted by Gasteiger charge is -2.26. The van der Waals surface area contributed by atoms with Crippen molar-refractivity contribution in [2.45, 2.75) is 19.3 Å². The molecule has 3 rings (SSSR count). The standard InChI is InChI=1S/C13H15N5O/c19-13(18-7-2-1-3-8-18)11-6-4-5-10(9-11)12-14-16-17-15-12/h4-6,9H,1-3,7-8H2,(H,14,15,16,17). The number of tetrazole rings is 1. The van der Waals surface area contributed by atoms with E-state index >= 15 is 0 Å². The van der Waals surface area contributed by atoms with E-state index in [1.54, 1.807) is 0 Å². The van der Waals surface area contributed by atoms with Gasteiger partial charge < -0.3 is 4.90 Å². The van der Waals surface area contributed by atoms with E-state index in [9.17, 15) is 4.79 Å². The van der Waals surface area contributed by atoms with Crippen LogP contribution in [-0.2, 0) is 0 Å². The fourth-order valence-electron chi connectivity index (χ4n) is 2.35. The van der Waals surface area contributed by atoms with Crippen LogP contribution in [0.4, 0.5) is 0 Å². The summed E-state index contributed by atoms with van der Waals surface area (Å²) >= 11 is 0. The quantitative estimate of drug-likeness (QED) is 0.884. The van der Waals surface area contributed by atoms with Gasteiger partial charge >= 0.3 is 0 Å². The smallest absolute Gasteiger partial charge is 0.253 e. The van der Waals surface area contributed by atoms with Crippen molar-refractivity contribution in [2.24, 2.45) is 0 Å². The van der Waals surface area contributed by atoms with E-state index in [0.29, 0.717) is 11.4 Å². The summed E-state index contributed by atoms with van der Waals surface area (Å²) in [4.78, 5) is 14.3. The minimum atomic E-state index is 0.0880. The molecular formula is C13H15N5O. The molecule has 1 aromatic heterocycles. The Bertz CT molecular complexity index is 560. The highest BCUT2D eigenvalue weighted by Crippen LogP contribution is 2.18. The molecule has 0 radical (unpaired) electrons. The van der Waals surface area contributed by atoms with Gasteiger partial charge in [-0.1, -0.05) is 12.1 Å². The predicted octanol–water partition coefficient (Wildman–Crippen LogP) is 1.49. The van der Waals surface area contributed by atoms with E-state index in [-0.39, 0.29) is 5.91 Å². The van der Waals surface area contributed by atoms with Gasteiger partial charge in [0, 0.05) is 24.2 Å². The van der Waals surface area contributed by atoms with E-state index in [1.807, 2.05) is 29.2 Å². The van der Waals surface area contributed by atoms with E-state index in [2.05, 4.69) is 20.6 Å². The topological polar surface area (TPSA) is 74.8 Å². The first kappa shape index (κ1) is 11.8. The molecule has 0 spiro atoms. The van der Waals surface area contributed by atoms with Crippen LogP contribution >= 0.6 is 0 Å². The maximum Gasteiger partial charge on any atom is 0.253 e. The molecule has 2 heterocycles. The maximum atomic E-state index is 12.4. The fourth-order valence-corrected chi connectivity index (χ4v) is 2.35. The zero-order chi connectivity index (χ0) is 13.1. The molecule has 1 N–H and O–H groups in total. The van der Waals surface area contributed by atoms with Gasteiger partial charge in [-0.3, -0.25) is 4.79 Å². The van der Waals surface area contributed by atoms with Crippen molar-refractivity contribution in [2.75, 3.05) is 13.1 Å². The second kappa shape index (κ2) is 5.17. The van der Waals surface area contributed by atoms with Crippen molar-refractivity contribution >= 4 is 5.91 Å². The fraction of sp³-hybridized carbons (Fsp3) is 0.385. The molecule has 0 saturated carbocycles. The number of hydrogen-bond acceptors (Lipinski definition) is 4. The van der Waals surface area contributed by atoms with E-state index in [0.717, 1.165) is 31.5 Å². The Kier molecular flexibility index (Phi) is 3.22. The number of H-pyrrole nitrogens is 1. The Morgan fingerprint density at radius 2 is 2.05 bits per heavy atom. The van der Waals surface area contributed by atoms with Crippen molar-refractivity contribution in [3.05, 3.63) is 29.8 Å². The lowest BCUT2D eigenvalue weighted by Crippen LogP contribution is -2.35. The van der Waals surface area contributed by atoms with Crippen LogP contribution < -0.4 is 0 Å². The average Bonchev–Trinajstić information content (AvgIpc) is 3.02. The SMILES string of the molecule is O=C(c1cccc(-c2nn[nH]n2)c1)N1CCCCC1. The Morgan fingerprint density at radius 3 is 2.79 bits per heavy atom. The molecule has 98 valence electrons. The molecule has 1 aromatic carbocycles. The summed E-state index contributed by atoms with van der Waals surface area (Å²) in [5, 5.41) is 13.8. The van der Waals surface area contributed by atoms with Gasteiger partial charge in [-0.25, -0.2) is 0 Å². The van der Waals surface area contributed by atoms with Gasteiger partial charge in [0.25, 0.3) is 5.91 Å². The molecule has 0 aliphatic carbocycles. The molecule has 1 fully saturated rings. The Hall–Kier alpha value is -2.24. The van der Waals surface area contributed by atoms with E-state index in [4.69, 9.17) is 0 Å². The highest BCUT2D eigenvalue weighted by molar-refractivity contribution is 5.95. The van der Waals surface area contributed by atoms with E-state index in [1.165, 1.54) is 6.42 Å². The lowest BCUT2D eigenvalue weighted by molar-refractivity contribution is 0.0724. The van der Waals surface area contributed by atoms with Gasteiger partial charge in [0.2, 0.25) is 5.82 Å². The maximum absolute atomic E-state index is 12.4. The average molecular weight is 257 g/mol. The number of carbonyl (C=O) groups is 1. The largest absolute Gasteiger partial charge is 0.339 e. The summed E-state index contributed by atoms with van der Waals surface area (Å²) in [6, 6.07) is 7.38. The van der Waals surface area contributed by atoms with Crippen LogP contribution in [0.25, 0.3) is 11.4 Å². The number of nitrogens with one attached hydrogen (secondary N) is 1. The van der Waals surface area contributed by atoms with Crippen LogP contribution in [0.1, 0.15) is 29.6 Å². The molecule has 1 aliphatic rings. The molecule has 1 amide bonds. The second-order valence-electron chi connectivity index (χ2n) is 4.67. The third-order valence-electron chi connectivity index (χ3n) is 3.36. The number of hydrogen-bond donors (Lipinski definition) is 1. The Labute approximate surface area is 110 Å². The molecule has 6 nitrogen and oxygen atoms in total. The number of amides is 1. The summed E-state index contributed by atoms with van der Waals surface area (Å²) in [7, 11) is 0. The van der Waals surface area contributed by atoms with Crippen LogP contribution in [0.2, 0.25) is 0 Å². The van der Waals surface area contributed by atoms with Crippen LogP contribution in [0.3, 0.4) is 0 Å². The zero-order valence-corrected chi connectivity index (χ0v) is 10.5. The Morgan fingerprint density at radius 1 is 1.21 bits per heavy atom. The molecule has 6 heteroatoms. The molecule has 19 heavy (non-hydrogen) atoms. The monoisotopic (exact) mass is 257 g/mol. The number of likely N-dealkylation sites (tertiary alicyclic amines) is 1. The van der Waals surface area contributed by atoms with Crippen LogP contribution in [-0.4, -0.2) is 44.5 Å². The first-order valence-corrected chi connectivity index (χ1v) is 6.48. The summed E-state index contributed by atoms with van der Waals surface area (Å²) in [5.74, 6) is 0.596. The number of benzene rings is 1. The van der Waals surface area contributed by atoms with Crippen molar-refractivity contribution in [3.63, 3.8) is 0 Å². The molecule has 1 saturated heterocycles. The lowest BCUT2D eigenvalue weighted by atomic mass is 10.1. The van der Waals surface area contributed by atoms with E-state index < -0.39 is 0 Å². The second-order valence-corrected chi connectivity index (χ2v) is 4.67. The van der Waals surface area contributed by atoms with Gasteiger partial charge in [0.1, 0.15) is 0 Å². The number of rotatable bonds is 2. The van der Waals surface area contributed by atoms with Gasteiger partial charge in [-0.2, -0.15) is 5.21 Å². The number of nitrogens with zero attached hydrogens (tertiary/aromatic N) is 4. The van der Waals surface area contributed by atoms with Crippen molar-refractivity contribution < 1.29 is 4.79 Å². The van der Waals surface area contributed by atoms with Crippen molar-refractivity contribution in [3.8, 4) is 11.4 Å². The van der Waals surface area contributed by atoms with Crippen molar-refractivity contribution in [1.82, 2.24) is 25.5 Å². The summed E-state index contributed by atoms with van der Waals surface area (Å²) in [6.07, 6.45) is 3.40. The highest BCUT2D eigenvalue weighted by Gasteiger charge is 2.18. The third-order valence-corrected chi connectivity index (χ3v) is 3.36. The molecule has 1 aliphatic heterocycles. The van der Waals surface area contributed by atoms with Crippen molar-refractivity contribution in [1.29, 1.82) is 0 Å². The Balaban J connectivity index is 1.84. The molecule has 0 unspecified atom stereocenters. The number of aromatic amines is 1. The molecule has 0 atom stereocenters. The van der Waals surface area contributed by atoms with Gasteiger partial charge in [0.05, 0.1) is 0 Å². The van der Waals surface area contributed by atoms with Crippen LogP contribution in [0.15, 0.2) is 24.3 Å². The summed E-state index contributed by atoms with van der Waals surface area (Å²) in [6.45, 7) is 1.70. The van der Waals surface area contributed by atoms with Crippen LogP contribution in [0, 0.1) is 0 Å². The third kappa shape index (κ3) is 2.47.